The van der Waals surface area contributed by atoms with Gasteiger partial charge in [0, 0.05) is 22.7 Å². The molecule has 6 heteroatoms. The number of anilines is 2. The highest BCUT2D eigenvalue weighted by atomic mass is 16.2. The van der Waals surface area contributed by atoms with Crippen LogP contribution in [0.1, 0.15) is 33.6 Å². The molecule has 6 nitrogen and oxygen atoms in total. The minimum Gasteiger partial charge on any atom is -0.347 e. The van der Waals surface area contributed by atoms with E-state index in [0.29, 0.717) is 11.4 Å². The van der Waals surface area contributed by atoms with Crippen LogP contribution in [0.5, 0.6) is 0 Å². The number of hydrogen-bond acceptors (Lipinski definition) is 3. The van der Waals surface area contributed by atoms with Crippen molar-refractivity contribution in [3.63, 3.8) is 0 Å². The summed E-state index contributed by atoms with van der Waals surface area (Å²) in [7, 11) is 0. The summed E-state index contributed by atoms with van der Waals surface area (Å²) < 4.78 is 0. The van der Waals surface area contributed by atoms with Crippen LogP contribution in [0, 0.1) is 11.3 Å². The van der Waals surface area contributed by atoms with Crippen molar-refractivity contribution in [2.75, 3.05) is 17.2 Å². The van der Waals surface area contributed by atoms with Gasteiger partial charge in [-0.1, -0.05) is 20.8 Å². The minimum atomic E-state index is -0.526. The third-order valence-electron chi connectivity index (χ3n) is 3.48. The zero-order valence-corrected chi connectivity index (χ0v) is 13.7. The first-order valence-corrected chi connectivity index (χ1v) is 7.75. The second kappa shape index (κ2) is 6.81. The van der Waals surface area contributed by atoms with Crippen molar-refractivity contribution in [1.29, 1.82) is 0 Å². The summed E-state index contributed by atoms with van der Waals surface area (Å²) in [5.74, 6) is -0.268. The van der Waals surface area contributed by atoms with Crippen LogP contribution in [0.4, 0.5) is 11.4 Å². The Morgan fingerprint density at radius 2 is 1.52 bits per heavy atom. The molecule has 3 N–H and O–H groups in total. The average Bonchev–Trinajstić information content (AvgIpc) is 3.30. The summed E-state index contributed by atoms with van der Waals surface area (Å²) >= 11 is 0. The predicted molar refractivity (Wildman–Crippen MR) is 88.9 cm³/mol. The lowest BCUT2D eigenvalue weighted by Gasteiger charge is -2.17. The smallest absolute Gasteiger partial charge is 0.243 e. The number of hydrogen-bond donors (Lipinski definition) is 3. The lowest BCUT2D eigenvalue weighted by molar-refractivity contribution is -0.130. The third kappa shape index (κ3) is 5.39. The molecule has 0 radical (unpaired) electrons. The topological polar surface area (TPSA) is 87.3 Å². The van der Waals surface area contributed by atoms with Gasteiger partial charge >= 0.3 is 0 Å². The van der Waals surface area contributed by atoms with Gasteiger partial charge < -0.3 is 16.0 Å². The van der Waals surface area contributed by atoms with Crippen LogP contribution in [-0.4, -0.2) is 24.3 Å². The zero-order chi connectivity index (χ0) is 17.0. The molecular formula is C17H23N3O3. The molecule has 1 aromatic carbocycles. The molecule has 3 amide bonds. The van der Waals surface area contributed by atoms with E-state index in [1.54, 1.807) is 45.0 Å². The molecule has 1 aromatic rings. The Labute approximate surface area is 136 Å². The monoisotopic (exact) mass is 317 g/mol. The van der Waals surface area contributed by atoms with E-state index in [1.807, 2.05) is 0 Å². The van der Waals surface area contributed by atoms with Crippen LogP contribution in [0.2, 0.25) is 0 Å². The molecule has 0 heterocycles. The van der Waals surface area contributed by atoms with Crippen molar-refractivity contribution in [3.8, 4) is 0 Å². The van der Waals surface area contributed by atoms with Crippen LogP contribution >= 0.6 is 0 Å². The third-order valence-corrected chi connectivity index (χ3v) is 3.48. The molecule has 0 bridgehead atoms. The predicted octanol–water partition coefficient (Wildman–Crippen LogP) is 2.14. The highest BCUT2D eigenvalue weighted by molar-refractivity contribution is 5.96. The fourth-order valence-electron chi connectivity index (χ4n) is 1.86. The molecule has 23 heavy (non-hydrogen) atoms. The van der Waals surface area contributed by atoms with Crippen molar-refractivity contribution in [3.05, 3.63) is 24.3 Å². The summed E-state index contributed by atoms with van der Waals surface area (Å²) in [4.78, 5) is 35.2. The normalized spacial score (nSPS) is 14.0. The van der Waals surface area contributed by atoms with Crippen molar-refractivity contribution >= 4 is 29.1 Å². The lowest BCUT2D eigenvalue weighted by atomic mass is 9.96. The molecule has 0 unspecified atom stereocenters. The maximum Gasteiger partial charge on any atom is 0.243 e. The Bertz CT molecular complexity index is 599. The Kier molecular flexibility index (Phi) is 5.03. The van der Waals surface area contributed by atoms with Gasteiger partial charge in [-0.05, 0) is 37.1 Å². The van der Waals surface area contributed by atoms with Crippen molar-refractivity contribution < 1.29 is 14.4 Å². The summed E-state index contributed by atoms with van der Waals surface area (Å²) in [5, 5.41) is 8.12. The first kappa shape index (κ1) is 17.0. The second-order valence-corrected chi connectivity index (χ2v) is 6.82. The van der Waals surface area contributed by atoms with Gasteiger partial charge in [-0.3, -0.25) is 14.4 Å². The number of amides is 3. The summed E-state index contributed by atoms with van der Waals surface area (Å²) in [6.07, 6.45) is 1.92. The molecule has 1 saturated carbocycles. The van der Waals surface area contributed by atoms with Gasteiger partial charge in [-0.2, -0.15) is 0 Å². The Hall–Kier alpha value is -2.37. The molecule has 0 atom stereocenters. The van der Waals surface area contributed by atoms with Crippen molar-refractivity contribution in [2.45, 2.75) is 33.6 Å². The van der Waals surface area contributed by atoms with Crippen LogP contribution in [0.3, 0.4) is 0 Å². The van der Waals surface area contributed by atoms with Gasteiger partial charge in [0.25, 0.3) is 0 Å². The Morgan fingerprint density at radius 1 is 1.00 bits per heavy atom. The van der Waals surface area contributed by atoms with Crippen LogP contribution in [0.25, 0.3) is 0 Å². The molecule has 124 valence electrons. The first-order valence-electron chi connectivity index (χ1n) is 7.75. The van der Waals surface area contributed by atoms with Gasteiger partial charge in [0.05, 0.1) is 6.54 Å². The summed E-state index contributed by atoms with van der Waals surface area (Å²) in [5.41, 5.74) is 0.798. The van der Waals surface area contributed by atoms with E-state index < -0.39 is 5.41 Å². The van der Waals surface area contributed by atoms with Crippen LogP contribution in [-0.2, 0) is 14.4 Å². The van der Waals surface area contributed by atoms with Gasteiger partial charge in [-0.15, -0.1) is 0 Å². The number of carbonyl (C=O) groups is 3. The molecular weight excluding hydrogens is 294 g/mol. The molecule has 0 aromatic heterocycles. The lowest BCUT2D eigenvalue weighted by Crippen LogP contribution is -2.39. The number of nitrogens with one attached hydrogen (secondary N) is 3. The first-order chi connectivity index (χ1) is 10.8. The highest BCUT2D eigenvalue weighted by Crippen LogP contribution is 2.30. The second-order valence-electron chi connectivity index (χ2n) is 6.82. The van der Waals surface area contributed by atoms with E-state index in [1.165, 1.54) is 0 Å². The quantitative estimate of drug-likeness (QED) is 0.777. The molecule has 1 fully saturated rings. The van der Waals surface area contributed by atoms with E-state index in [-0.39, 0.29) is 30.2 Å². The maximum absolute atomic E-state index is 11.8. The molecule has 0 aliphatic heterocycles. The number of rotatable bonds is 5. The van der Waals surface area contributed by atoms with E-state index in [0.717, 1.165) is 12.8 Å². The fourth-order valence-corrected chi connectivity index (χ4v) is 1.86. The average molecular weight is 317 g/mol. The molecule has 0 saturated heterocycles. The summed E-state index contributed by atoms with van der Waals surface area (Å²) in [6.45, 7) is 5.29. The molecule has 1 aliphatic carbocycles. The van der Waals surface area contributed by atoms with Gasteiger partial charge in [-0.25, -0.2) is 0 Å². The Balaban J connectivity index is 1.79. The van der Waals surface area contributed by atoms with Crippen LogP contribution < -0.4 is 16.0 Å². The fraction of sp³-hybridized carbons (Fsp3) is 0.471. The number of carbonyl (C=O) groups excluding carboxylic acids is 3. The molecule has 2 rings (SSSR count). The standard InChI is InChI=1S/C17H23N3O3/c1-17(2,3)16(23)18-10-14(21)19-12-6-8-13(9-7-12)20-15(22)11-4-5-11/h6-9,11H,4-5,10H2,1-3H3,(H,18,23)(H,19,21)(H,20,22). The molecule has 0 spiro atoms. The van der Waals surface area contributed by atoms with Gasteiger partial charge in [0.15, 0.2) is 0 Å². The largest absolute Gasteiger partial charge is 0.347 e. The molecule has 1 aliphatic rings. The van der Waals surface area contributed by atoms with Crippen molar-refractivity contribution in [1.82, 2.24) is 5.32 Å². The van der Waals surface area contributed by atoms with E-state index in [9.17, 15) is 14.4 Å². The Morgan fingerprint density at radius 3 is 2.00 bits per heavy atom. The van der Waals surface area contributed by atoms with Crippen molar-refractivity contribution in [2.24, 2.45) is 11.3 Å². The minimum absolute atomic E-state index is 0.0479. The van der Waals surface area contributed by atoms with E-state index >= 15 is 0 Å². The van der Waals surface area contributed by atoms with E-state index in [4.69, 9.17) is 0 Å². The highest BCUT2D eigenvalue weighted by Gasteiger charge is 2.29. The maximum atomic E-state index is 11.8. The SMILES string of the molecule is CC(C)(C)C(=O)NCC(=O)Nc1ccc(NC(=O)C2CC2)cc1. The number of benzene rings is 1. The zero-order valence-electron chi connectivity index (χ0n) is 13.7. The summed E-state index contributed by atoms with van der Waals surface area (Å²) in [6, 6.07) is 6.91. The van der Waals surface area contributed by atoms with Gasteiger partial charge in [0.1, 0.15) is 0 Å². The van der Waals surface area contributed by atoms with Gasteiger partial charge in [0.2, 0.25) is 17.7 Å². The van der Waals surface area contributed by atoms with E-state index in [2.05, 4.69) is 16.0 Å². The van der Waals surface area contributed by atoms with Crippen LogP contribution in [0.15, 0.2) is 24.3 Å².